The van der Waals surface area contributed by atoms with Crippen molar-refractivity contribution in [3.63, 3.8) is 0 Å². The second-order valence-electron chi connectivity index (χ2n) is 5.80. The summed E-state index contributed by atoms with van der Waals surface area (Å²) in [6, 6.07) is 1.75. The lowest BCUT2D eigenvalue weighted by atomic mass is 10.1. The highest BCUT2D eigenvalue weighted by Gasteiger charge is 2.42. The summed E-state index contributed by atoms with van der Waals surface area (Å²) in [6.45, 7) is 1.18. The molecule has 24 heavy (non-hydrogen) atoms. The first-order chi connectivity index (χ1) is 11.4. The van der Waals surface area contributed by atoms with E-state index in [2.05, 4.69) is 30.9 Å². The number of likely N-dealkylation sites (N-methyl/N-ethyl adjacent to an activating group) is 1. The summed E-state index contributed by atoms with van der Waals surface area (Å²) < 4.78 is 0.797. The number of aromatic nitrogens is 1. The molecule has 2 amide bonds. The second-order valence-corrected chi connectivity index (χ2v) is 6.71. The molecule has 1 aromatic rings. The molecule has 3 aliphatic rings. The summed E-state index contributed by atoms with van der Waals surface area (Å²) in [7, 11) is 1.55. The van der Waals surface area contributed by atoms with E-state index in [-0.39, 0.29) is 18.5 Å². The Labute approximate surface area is 145 Å². The van der Waals surface area contributed by atoms with Gasteiger partial charge in [-0.3, -0.25) is 4.79 Å². The van der Waals surface area contributed by atoms with E-state index < -0.39 is 6.09 Å². The molecule has 0 aromatic carbocycles. The van der Waals surface area contributed by atoms with Gasteiger partial charge in [0.2, 0.25) is 0 Å². The van der Waals surface area contributed by atoms with Gasteiger partial charge in [-0.2, -0.15) is 4.99 Å². The largest absolute Gasteiger partial charge is 0.465 e. The third-order valence-corrected chi connectivity index (χ3v) is 4.74. The van der Waals surface area contributed by atoms with Crippen LogP contribution in [0.3, 0.4) is 0 Å². The molecule has 1 aromatic heterocycles. The van der Waals surface area contributed by atoms with Crippen molar-refractivity contribution >= 4 is 51.1 Å². The van der Waals surface area contributed by atoms with E-state index in [4.69, 9.17) is 5.11 Å². The Bertz CT molecular complexity index is 817. The molecule has 0 aliphatic carbocycles. The summed E-state index contributed by atoms with van der Waals surface area (Å²) in [6.07, 6.45) is 0.689. The number of amidine groups is 2. The summed E-state index contributed by atoms with van der Waals surface area (Å²) in [5, 5.41) is 9.04. The quantitative estimate of drug-likeness (QED) is 0.762. The van der Waals surface area contributed by atoms with E-state index >= 15 is 0 Å². The van der Waals surface area contributed by atoms with Gasteiger partial charge in [0.05, 0.1) is 11.7 Å². The zero-order valence-electron chi connectivity index (χ0n) is 12.7. The van der Waals surface area contributed by atoms with Crippen molar-refractivity contribution in [2.75, 3.05) is 31.6 Å². The van der Waals surface area contributed by atoms with E-state index in [1.54, 1.807) is 18.1 Å². The van der Waals surface area contributed by atoms with Crippen LogP contribution < -0.4 is 4.90 Å². The number of anilines is 1. The molecule has 1 fully saturated rings. The number of hydrogen-bond donors (Lipinski definition) is 1. The molecule has 124 valence electrons. The van der Waals surface area contributed by atoms with Crippen LogP contribution in [-0.2, 0) is 4.79 Å². The number of carbonyl (C=O) groups excluding carboxylic acids is 1. The van der Waals surface area contributed by atoms with E-state index in [1.165, 1.54) is 4.90 Å². The van der Waals surface area contributed by atoms with Crippen LogP contribution in [0.2, 0.25) is 0 Å². The van der Waals surface area contributed by atoms with Gasteiger partial charge in [0, 0.05) is 30.8 Å². The summed E-state index contributed by atoms with van der Waals surface area (Å²) in [5.74, 6) is 1.36. The molecule has 0 bridgehead atoms. The molecule has 4 heterocycles. The van der Waals surface area contributed by atoms with E-state index in [0.29, 0.717) is 30.6 Å². The minimum absolute atomic E-state index is 0.101. The zero-order chi connectivity index (χ0) is 17.0. The number of rotatable bonds is 1. The number of nitrogens with zero attached hydrogens (tertiary/aromatic N) is 6. The highest BCUT2D eigenvalue weighted by molar-refractivity contribution is 9.10. The number of pyridine rings is 1. The molecule has 3 aliphatic heterocycles. The van der Waals surface area contributed by atoms with Crippen LogP contribution in [-0.4, -0.2) is 76.3 Å². The number of likely N-dealkylation sites (tertiary alicyclic amines) is 1. The van der Waals surface area contributed by atoms with Crippen molar-refractivity contribution in [2.24, 2.45) is 9.98 Å². The van der Waals surface area contributed by atoms with Crippen LogP contribution in [0, 0.1) is 0 Å². The normalized spacial score (nSPS) is 19.3. The fourth-order valence-corrected chi connectivity index (χ4v) is 3.21. The molecule has 9 nitrogen and oxygen atoms in total. The van der Waals surface area contributed by atoms with Gasteiger partial charge >= 0.3 is 6.09 Å². The number of aliphatic imine (C=N–C) groups is 2. The van der Waals surface area contributed by atoms with Gasteiger partial charge in [-0.05, 0) is 22.0 Å². The molecule has 0 radical (unpaired) electrons. The van der Waals surface area contributed by atoms with E-state index in [9.17, 15) is 9.59 Å². The SMILES string of the molecule is CN(C(=O)O)C1CN(C2=Nc3ncc(Br)cc3N3CC(=O)N=C23)C1. The lowest BCUT2D eigenvalue weighted by molar-refractivity contribution is -0.115. The number of hydrogen-bond acceptors (Lipinski definition) is 6. The number of amides is 2. The Hall–Kier alpha value is -2.49. The molecular weight excluding hydrogens is 380 g/mol. The maximum Gasteiger partial charge on any atom is 0.407 e. The smallest absolute Gasteiger partial charge is 0.407 e. The average Bonchev–Trinajstić information content (AvgIpc) is 2.88. The van der Waals surface area contributed by atoms with Crippen LogP contribution in [0.25, 0.3) is 0 Å². The monoisotopic (exact) mass is 392 g/mol. The highest BCUT2D eigenvalue weighted by atomic mass is 79.9. The average molecular weight is 393 g/mol. The number of carbonyl (C=O) groups is 2. The Morgan fingerprint density at radius 2 is 2.12 bits per heavy atom. The van der Waals surface area contributed by atoms with Crippen LogP contribution in [0.15, 0.2) is 26.7 Å². The van der Waals surface area contributed by atoms with Gasteiger partial charge < -0.3 is 19.8 Å². The van der Waals surface area contributed by atoms with Gasteiger partial charge in [0.15, 0.2) is 17.5 Å². The minimum atomic E-state index is -0.961. The molecule has 1 saturated heterocycles. The molecule has 10 heteroatoms. The topological polar surface area (TPSA) is 102 Å². The summed E-state index contributed by atoms with van der Waals surface area (Å²) in [5.41, 5.74) is 0.734. The third-order valence-electron chi connectivity index (χ3n) is 4.31. The molecule has 0 unspecified atom stereocenters. The van der Waals surface area contributed by atoms with Crippen molar-refractivity contribution in [1.82, 2.24) is 14.8 Å². The van der Waals surface area contributed by atoms with Crippen molar-refractivity contribution < 1.29 is 14.7 Å². The number of fused-ring (bicyclic) bond motifs is 3. The van der Waals surface area contributed by atoms with Crippen LogP contribution >= 0.6 is 15.9 Å². The third kappa shape index (κ3) is 2.25. The van der Waals surface area contributed by atoms with Crippen LogP contribution in [0.1, 0.15) is 0 Å². The minimum Gasteiger partial charge on any atom is -0.465 e. The first kappa shape index (κ1) is 15.1. The Morgan fingerprint density at radius 3 is 2.83 bits per heavy atom. The second kappa shape index (κ2) is 5.26. The lowest BCUT2D eigenvalue weighted by Gasteiger charge is -2.45. The van der Waals surface area contributed by atoms with Crippen molar-refractivity contribution in [1.29, 1.82) is 0 Å². The number of halogens is 1. The first-order valence-corrected chi connectivity index (χ1v) is 8.07. The van der Waals surface area contributed by atoms with Crippen LogP contribution in [0.5, 0.6) is 0 Å². The molecule has 1 N–H and O–H groups in total. The Morgan fingerprint density at radius 1 is 1.38 bits per heavy atom. The van der Waals surface area contributed by atoms with Crippen molar-refractivity contribution in [3.8, 4) is 0 Å². The maximum atomic E-state index is 11.8. The summed E-state index contributed by atoms with van der Waals surface area (Å²) in [4.78, 5) is 40.8. The van der Waals surface area contributed by atoms with Gasteiger partial charge in [-0.1, -0.05) is 0 Å². The molecule has 0 spiro atoms. The number of carboxylic acid groups (broad SMARTS) is 1. The fourth-order valence-electron chi connectivity index (χ4n) is 2.89. The van der Waals surface area contributed by atoms with E-state index in [1.807, 2.05) is 11.0 Å². The fraction of sp³-hybridized carbons (Fsp3) is 0.357. The Balaban J connectivity index is 1.66. The van der Waals surface area contributed by atoms with Crippen molar-refractivity contribution in [3.05, 3.63) is 16.7 Å². The Kier molecular flexibility index (Phi) is 3.30. The molecule has 0 atom stereocenters. The molecule has 0 saturated carbocycles. The van der Waals surface area contributed by atoms with Gasteiger partial charge in [0.1, 0.15) is 6.54 Å². The maximum absolute atomic E-state index is 11.8. The zero-order valence-corrected chi connectivity index (χ0v) is 14.3. The standard InChI is InChI=1S/C14H13BrN6O3/c1-19(14(23)24)8-4-20(5-8)12-13-17-10(22)6-21(13)9-2-7(15)3-16-11(9)18-12/h2-3,8H,4-6H2,1H3,(H,23,24). The molecular formula is C14H13BrN6O3. The summed E-state index contributed by atoms with van der Waals surface area (Å²) >= 11 is 3.37. The van der Waals surface area contributed by atoms with Crippen LogP contribution in [0.4, 0.5) is 16.3 Å². The van der Waals surface area contributed by atoms with Gasteiger partial charge in [-0.15, -0.1) is 0 Å². The first-order valence-electron chi connectivity index (χ1n) is 7.28. The van der Waals surface area contributed by atoms with Gasteiger partial charge in [-0.25, -0.2) is 14.8 Å². The predicted octanol–water partition coefficient (Wildman–Crippen LogP) is 0.927. The van der Waals surface area contributed by atoms with E-state index in [0.717, 1.165) is 10.2 Å². The lowest BCUT2D eigenvalue weighted by Crippen LogP contribution is -2.63. The highest BCUT2D eigenvalue weighted by Crippen LogP contribution is 2.36. The van der Waals surface area contributed by atoms with Gasteiger partial charge in [0.25, 0.3) is 5.91 Å². The molecule has 4 rings (SSSR count). The predicted molar refractivity (Wildman–Crippen MR) is 90.0 cm³/mol. The van der Waals surface area contributed by atoms with Crippen molar-refractivity contribution in [2.45, 2.75) is 6.04 Å².